The van der Waals surface area contributed by atoms with Crippen molar-refractivity contribution in [2.75, 3.05) is 39.8 Å². The fourth-order valence-electron chi connectivity index (χ4n) is 2.13. The number of carbonyl (C=O) groups excluding carboxylic acids is 1. The summed E-state index contributed by atoms with van der Waals surface area (Å²) in [5.74, 6) is 0.900. The van der Waals surface area contributed by atoms with E-state index in [2.05, 4.69) is 11.0 Å². The van der Waals surface area contributed by atoms with E-state index in [1.807, 2.05) is 19.2 Å². The highest BCUT2D eigenvalue weighted by Crippen LogP contribution is 2.12. The van der Waals surface area contributed by atoms with Gasteiger partial charge in [0.25, 0.3) is 0 Å². The van der Waals surface area contributed by atoms with Crippen LogP contribution in [0.5, 0.6) is 5.75 Å². The van der Waals surface area contributed by atoms with E-state index >= 15 is 0 Å². The first kappa shape index (κ1) is 14.4. The Hall–Kier alpha value is -2.06. The van der Waals surface area contributed by atoms with Gasteiger partial charge in [-0.1, -0.05) is 6.07 Å². The highest BCUT2D eigenvalue weighted by atomic mass is 16.5. The summed E-state index contributed by atoms with van der Waals surface area (Å²) in [6.45, 7) is 3.67. The van der Waals surface area contributed by atoms with Crippen LogP contribution in [0, 0.1) is 11.3 Å². The number of hydrogen-bond donors (Lipinski definition) is 0. The predicted octanol–water partition coefficient (Wildman–Crippen LogP) is 1.10. The molecule has 0 atom stereocenters. The normalized spacial score (nSPS) is 16.0. The molecule has 1 aromatic rings. The van der Waals surface area contributed by atoms with Crippen LogP contribution in [-0.2, 0) is 4.79 Å². The molecule has 1 heterocycles. The minimum absolute atomic E-state index is 0.180. The summed E-state index contributed by atoms with van der Waals surface area (Å²) >= 11 is 0. The average Bonchev–Trinajstić information content (AvgIpc) is 2.47. The van der Waals surface area contributed by atoms with Gasteiger partial charge in [-0.2, -0.15) is 5.26 Å². The molecule has 1 aliphatic rings. The SMILES string of the molecule is CN1CCN(CCCOc2cccc(C#N)c2)CC1=O. The van der Waals surface area contributed by atoms with Gasteiger partial charge in [0.15, 0.2) is 0 Å². The van der Waals surface area contributed by atoms with Gasteiger partial charge in [-0.3, -0.25) is 9.69 Å². The molecule has 0 radical (unpaired) electrons. The number of benzene rings is 1. The van der Waals surface area contributed by atoms with Crippen LogP contribution in [0.1, 0.15) is 12.0 Å². The van der Waals surface area contributed by atoms with E-state index in [-0.39, 0.29) is 5.91 Å². The Morgan fingerprint density at radius 3 is 3.00 bits per heavy atom. The fourth-order valence-corrected chi connectivity index (χ4v) is 2.13. The molecule has 5 heteroatoms. The molecule has 1 aliphatic heterocycles. The molecule has 106 valence electrons. The van der Waals surface area contributed by atoms with Crippen molar-refractivity contribution in [1.82, 2.24) is 9.80 Å². The number of amides is 1. The zero-order chi connectivity index (χ0) is 14.4. The van der Waals surface area contributed by atoms with Gasteiger partial charge >= 0.3 is 0 Å². The van der Waals surface area contributed by atoms with Crippen LogP contribution in [0.15, 0.2) is 24.3 Å². The molecule has 0 aliphatic carbocycles. The molecule has 1 fully saturated rings. The van der Waals surface area contributed by atoms with E-state index in [1.54, 1.807) is 17.0 Å². The molecule has 0 bridgehead atoms. The van der Waals surface area contributed by atoms with Gasteiger partial charge in [0.2, 0.25) is 5.91 Å². The maximum Gasteiger partial charge on any atom is 0.236 e. The number of carbonyl (C=O) groups is 1. The molecule has 5 nitrogen and oxygen atoms in total. The molecule has 0 N–H and O–H groups in total. The molecule has 0 unspecified atom stereocenters. The lowest BCUT2D eigenvalue weighted by Crippen LogP contribution is -2.48. The molecule has 0 spiro atoms. The summed E-state index contributed by atoms with van der Waals surface area (Å²) in [7, 11) is 1.84. The second-order valence-electron chi connectivity index (χ2n) is 4.93. The van der Waals surface area contributed by atoms with Crippen LogP contribution in [0.25, 0.3) is 0 Å². The minimum atomic E-state index is 0.180. The van der Waals surface area contributed by atoms with Gasteiger partial charge in [0, 0.05) is 26.7 Å². The zero-order valence-corrected chi connectivity index (χ0v) is 11.7. The summed E-state index contributed by atoms with van der Waals surface area (Å²) in [5.41, 5.74) is 0.604. The van der Waals surface area contributed by atoms with Crippen molar-refractivity contribution < 1.29 is 9.53 Å². The summed E-state index contributed by atoms with van der Waals surface area (Å²) in [4.78, 5) is 15.5. The van der Waals surface area contributed by atoms with Crippen molar-refractivity contribution in [3.05, 3.63) is 29.8 Å². The highest BCUT2D eigenvalue weighted by Gasteiger charge is 2.20. The Morgan fingerprint density at radius 1 is 1.40 bits per heavy atom. The molecule has 0 saturated carbocycles. The molecule has 20 heavy (non-hydrogen) atoms. The van der Waals surface area contributed by atoms with Crippen molar-refractivity contribution in [3.63, 3.8) is 0 Å². The van der Waals surface area contributed by atoms with E-state index in [1.165, 1.54) is 0 Å². The average molecular weight is 273 g/mol. The van der Waals surface area contributed by atoms with Crippen LogP contribution in [-0.4, -0.2) is 55.5 Å². The number of piperazine rings is 1. The monoisotopic (exact) mass is 273 g/mol. The Balaban J connectivity index is 1.69. The third-order valence-electron chi connectivity index (χ3n) is 3.39. The Kier molecular flexibility index (Phi) is 4.97. The summed E-state index contributed by atoms with van der Waals surface area (Å²) in [6, 6.07) is 9.24. The minimum Gasteiger partial charge on any atom is -0.494 e. The Morgan fingerprint density at radius 2 is 2.25 bits per heavy atom. The first-order chi connectivity index (χ1) is 9.69. The molecule has 2 rings (SSSR count). The molecule has 1 amide bonds. The predicted molar refractivity (Wildman–Crippen MR) is 75.3 cm³/mol. The Bertz CT molecular complexity index is 510. The second kappa shape index (κ2) is 6.92. The molecular weight excluding hydrogens is 254 g/mol. The molecule has 0 aromatic heterocycles. The number of likely N-dealkylation sites (N-methyl/N-ethyl adjacent to an activating group) is 1. The summed E-state index contributed by atoms with van der Waals surface area (Å²) in [5, 5.41) is 8.80. The van der Waals surface area contributed by atoms with Crippen LogP contribution < -0.4 is 4.74 Å². The van der Waals surface area contributed by atoms with Gasteiger partial charge in [0.05, 0.1) is 24.8 Å². The first-order valence-corrected chi connectivity index (χ1v) is 6.78. The number of nitriles is 1. The van der Waals surface area contributed by atoms with Gasteiger partial charge in [-0.05, 0) is 24.6 Å². The summed E-state index contributed by atoms with van der Waals surface area (Å²) in [6.07, 6.45) is 0.869. The number of nitrogens with zero attached hydrogens (tertiary/aromatic N) is 3. The molecule has 1 saturated heterocycles. The van der Waals surface area contributed by atoms with E-state index in [0.717, 1.165) is 31.8 Å². The van der Waals surface area contributed by atoms with E-state index in [4.69, 9.17) is 10.00 Å². The maximum absolute atomic E-state index is 11.6. The third kappa shape index (κ3) is 3.97. The van der Waals surface area contributed by atoms with Gasteiger partial charge in [-0.15, -0.1) is 0 Å². The van der Waals surface area contributed by atoms with Gasteiger partial charge < -0.3 is 9.64 Å². The highest BCUT2D eigenvalue weighted by molar-refractivity contribution is 5.78. The smallest absolute Gasteiger partial charge is 0.236 e. The lowest BCUT2D eigenvalue weighted by atomic mass is 10.2. The number of ether oxygens (including phenoxy) is 1. The van der Waals surface area contributed by atoms with Crippen molar-refractivity contribution in [1.29, 1.82) is 5.26 Å². The first-order valence-electron chi connectivity index (χ1n) is 6.78. The largest absolute Gasteiger partial charge is 0.494 e. The van der Waals surface area contributed by atoms with Gasteiger partial charge in [-0.25, -0.2) is 0 Å². The lowest BCUT2D eigenvalue weighted by Gasteiger charge is -2.31. The third-order valence-corrected chi connectivity index (χ3v) is 3.39. The molecular formula is C15H19N3O2. The maximum atomic E-state index is 11.6. The lowest BCUT2D eigenvalue weighted by molar-refractivity contribution is -0.134. The second-order valence-corrected chi connectivity index (χ2v) is 4.93. The van der Waals surface area contributed by atoms with Crippen molar-refractivity contribution >= 4 is 5.91 Å². The standard InChI is InChI=1S/C15H19N3O2/c1-17-7-8-18(12-15(17)19)6-3-9-20-14-5-2-4-13(10-14)11-16/h2,4-5,10H,3,6-9,12H2,1H3. The quantitative estimate of drug-likeness (QED) is 0.754. The molecule has 1 aromatic carbocycles. The van der Waals surface area contributed by atoms with Crippen molar-refractivity contribution in [2.24, 2.45) is 0 Å². The number of hydrogen-bond acceptors (Lipinski definition) is 4. The van der Waals surface area contributed by atoms with Crippen molar-refractivity contribution in [2.45, 2.75) is 6.42 Å². The fraction of sp³-hybridized carbons (Fsp3) is 0.467. The topological polar surface area (TPSA) is 56.6 Å². The van der Waals surface area contributed by atoms with Crippen LogP contribution in [0.3, 0.4) is 0 Å². The Labute approximate surface area is 119 Å². The summed E-state index contributed by atoms with van der Waals surface area (Å²) < 4.78 is 5.61. The van der Waals surface area contributed by atoms with Crippen LogP contribution >= 0.6 is 0 Å². The van der Waals surface area contributed by atoms with Crippen LogP contribution in [0.2, 0.25) is 0 Å². The van der Waals surface area contributed by atoms with Gasteiger partial charge in [0.1, 0.15) is 5.75 Å². The zero-order valence-electron chi connectivity index (χ0n) is 11.7. The number of rotatable bonds is 5. The van der Waals surface area contributed by atoms with E-state index in [9.17, 15) is 4.79 Å². The van der Waals surface area contributed by atoms with Crippen molar-refractivity contribution in [3.8, 4) is 11.8 Å². The van der Waals surface area contributed by atoms with E-state index in [0.29, 0.717) is 18.7 Å². The van der Waals surface area contributed by atoms with Crippen LogP contribution in [0.4, 0.5) is 0 Å². The van der Waals surface area contributed by atoms with E-state index < -0.39 is 0 Å².